The third kappa shape index (κ3) is 12.9. The van der Waals surface area contributed by atoms with E-state index in [1.807, 2.05) is 66.7 Å². The van der Waals surface area contributed by atoms with Crippen LogP contribution in [0.25, 0.3) is 0 Å². The highest BCUT2D eigenvalue weighted by molar-refractivity contribution is 6.31. The zero-order valence-electron chi connectivity index (χ0n) is 47.1. The second kappa shape index (κ2) is 25.3. The van der Waals surface area contributed by atoms with Gasteiger partial charge in [-0.3, -0.25) is 14.4 Å². The van der Waals surface area contributed by atoms with Crippen molar-refractivity contribution in [2.75, 3.05) is 14.2 Å². The number of benzene rings is 6. The highest BCUT2D eigenvalue weighted by atomic mass is 35.5. The Bertz CT molecular complexity index is 3520. The minimum Gasteiger partial charge on any atom is -0.496 e. The first-order valence-electron chi connectivity index (χ1n) is 26.6. The third-order valence-electron chi connectivity index (χ3n) is 15.5. The van der Waals surface area contributed by atoms with Crippen LogP contribution in [0.5, 0.6) is 11.5 Å². The first-order valence-corrected chi connectivity index (χ1v) is 28.1. The van der Waals surface area contributed by atoms with E-state index in [4.69, 9.17) is 55.9 Å². The van der Waals surface area contributed by atoms with Crippen molar-refractivity contribution in [1.82, 2.24) is 10.6 Å². The van der Waals surface area contributed by atoms with Gasteiger partial charge in [-0.1, -0.05) is 149 Å². The number of halogens is 8. The number of rotatable bonds is 15. The molecule has 82 heavy (non-hydrogen) atoms. The normalized spacial score (nSPS) is 22.3. The number of ether oxygens (including phenoxy) is 2. The van der Waals surface area contributed by atoms with E-state index < -0.39 is 70.1 Å². The summed E-state index contributed by atoms with van der Waals surface area (Å²) in [6.45, 7) is 15.3. The van der Waals surface area contributed by atoms with E-state index in [1.54, 1.807) is 30.3 Å². The molecule has 0 radical (unpaired) electrons. The van der Waals surface area contributed by atoms with Crippen LogP contribution in [0.1, 0.15) is 122 Å². The van der Waals surface area contributed by atoms with Gasteiger partial charge in [-0.2, -0.15) is 10.5 Å². The summed E-state index contributed by atoms with van der Waals surface area (Å²) in [6, 6.07) is 28.5. The van der Waals surface area contributed by atoms with Gasteiger partial charge in [0.05, 0.1) is 48.5 Å². The van der Waals surface area contributed by atoms with Crippen LogP contribution in [0, 0.1) is 63.7 Å². The van der Waals surface area contributed by atoms with Gasteiger partial charge in [0.2, 0.25) is 0 Å². The summed E-state index contributed by atoms with van der Waals surface area (Å²) in [5, 5.41) is 28.6. The molecule has 0 bridgehead atoms. The summed E-state index contributed by atoms with van der Waals surface area (Å²) in [5.74, 6) is -5.10. The Morgan fingerprint density at radius 2 is 0.988 bits per heavy atom. The molecular formula is C65H64Cl4F4N4O5. The molecule has 0 aromatic heterocycles. The Balaban J connectivity index is 0.000000236. The largest absolute Gasteiger partial charge is 0.496 e. The highest BCUT2D eigenvalue weighted by Crippen LogP contribution is 2.55. The predicted molar refractivity (Wildman–Crippen MR) is 313 cm³/mol. The molecule has 2 heterocycles. The van der Waals surface area contributed by atoms with Crippen LogP contribution in [0.2, 0.25) is 20.1 Å². The standard InChI is InChI=1S/C33H32Cl2F2N2O3.C32H32Cl2F2N2O2/c1-18(40)19-9-10-20(27(14-19)42-5)13-26(41)31-29(22-7-6-8-24(35)30(22)37)33(17-38,28(39-31)16-32(2,3)4)23-12-11-21(34)15-25(23)36;1-18-9-10-19(26(13-18)40-5)14-25(39)30-28(21-7-6-8-23(34)29(21)36)32(17-37,27(38-30)16-31(2,3)4)22-12-11-20(33)15-24(22)35/h6-12,14-15,28-29,31,39H,13,16H2,1-5H3;6-13,15,27-28,30,38H,14,16H2,1-5H3/t28-,29-,31-,33-;27-,28-,30-,32-/m00/s1. The first-order chi connectivity index (χ1) is 38.5. The van der Waals surface area contributed by atoms with Crippen LogP contribution < -0.4 is 20.1 Å². The topological polar surface area (TPSA) is 141 Å². The minimum absolute atomic E-state index is 0.0132. The van der Waals surface area contributed by atoms with Crippen molar-refractivity contribution in [3.05, 3.63) is 197 Å². The molecule has 17 heteroatoms. The number of carbonyl (C=O) groups excluding carboxylic acids is 3. The molecule has 8 atom stereocenters. The fourth-order valence-electron chi connectivity index (χ4n) is 11.9. The van der Waals surface area contributed by atoms with Gasteiger partial charge in [0.1, 0.15) is 45.6 Å². The van der Waals surface area contributed by atoms with E-state index in [0.29, 0.717) is 41.0 Å². The van der Waals surface area contributed by atoms with Crippen LogP contribution in [-0.4, -0.2) is 55.7 Å². The maximum atomic E-state index is 15.8. The number of methoxy groups -OCH3 is 2. The van der Waals surface area contributed by atoms with Gasteiger partial charge in [-0.15, -0.1) is 0 Å². The zero-order valence-corrected chi connectivity index (χ0v) is 50.2. The minimum atomic E-state index is -1.71. The third-order valence-corrected chi connectivity index (χ3v) is 16.5. The summed E-state index contributed by atoms with van der Waals surface area (Å²) in [6.07, 6.45) is 0.581. The number of aryl methyl sites for hydroxylation is 1. The summed E-state index contributed by atoms with van der Waals surface area (Å²) in [7, 11) is 2.97. The number of nitrogens with zero attached hydrogens (tertiary/aromatic N) is 2. The van der Waals surface area contributed by atoms with Gasteiger partial charge in [0.15, 0.2) is 17.3 Å². The van der Waals surface area contributed by atoms with E-state index in [0.717, 1.165) is 17.7 Å². The van der Waals surface area contributed by atoms with Gasteiger partial charge >= 0.3 is 0 Å². The fourth-order valence-corrected chi connectivity index (χ4v) is 12.6. The summed E-state index contributed by atoms with van der Waals surface area (Å²) < 4.78 is 74.1. The number of nitriles is 2. The smallest absolute Gasteiger partial charge is 0.159 e. The number of Topliss-reactive ketones (excluding diaryl/α,β-unsaturated/α-hetero) is 3. The van der Waals surface area contributed by atoms with E-state index in [1.165, 1.54) is 69.7 Å². The van der Waals surface area contributed by atoms with Crippen LogP contribution >= 0.6 is 46.4 Å². The molecule has 8 rings (SSSR count). The second-order valence-electron chi connectivity index (χ2n) is 23.6. The van der Waals surface area contributed by atoms with Gasteiger partial charge in [0, 0.05) is 74.6 Å². The average Bonchev–Trinajstić information content (AvgIpc) is 1.72. The van der Waals surface area contributed by atoms with Crippen LogP contribution in [0.4, 0.5) is 17.6 Å². The van der Waals surface area contributed by atoms with Crippen molar-refractivity contribution in [3.63, 3.8) is 0 Å². The molecule has 2 aliphatic heterocycles. The summed E-state index contributed by atoms with van der Waals surface area (Å²) in [5.41, 5.74) is -1.33. The molecule has 2 aliphatic rings. The molecule has 0 amide bonds. The molecular weight excluding hydrogens is 1130 g/mol. The Morgan fingerprint density at radius 3 is 1.35 bits per heavy atom. The number of nitrogens with one attached hydrogen (secondary N) is 2. The molecule has 430 valence electrons. The van der Waals surface area contributed by atoms with Crippen molar-refractivity contribution in [1.29, 1.82) is 10.5 Å². The molecule has 9 nitrogen and oxygen atoms in total. The van der Waals surface area contributed by atoms with Crippen molar-refractivity contribution in [3.8, 4) is 23.6 Å². The highest BCUT2D eigenvalue weighted by Gasteiger charge is 2.62. The van der Waals surface area contributed by atoms with Gasteiger partial charge in [-0.25, -0.2) is 17.6 Å². The van der Waals surface area contributed by atoms with Crippen molar-refractivity contribution in [2.24, 2.45) is 10.8 Å². The molecule has 0 spiro atoms. The number of carbonyl (C=O) groups is 3. The lowest BCUT2D eigenvalue weighted by atomic mass is 9.62. The quantitative estimate of drug-likeness (QED) is 0.0759. The lowest BCUT2D eigenvalue weighted by Gasteiger charge is -2.37. The fraction of sp³-hybridized carbons (Fsp3) is 0.369. The molecule has 0 unspecified atom stereocenters. The summed E-state index contributed by atoms with van der Waals surface area (Å²) >= 11 is 24.6. The van der Waals surface area contributed by atoms with Crippen LogP contribution in [-0.2, 0) is 33.3 Å². The molecule has 6 aromatic rings. The predicted octanol–water partition coefficient (Wildman–Crippen LogP) is 15.3. The van der Waals surface area contributed by atoms with E-state index >= 15 is 17.6 Å². The maximum absolute atomic E-state index is 15.8. The average molecular weight is 1200 g/mol. The van der Waals surface area contributed by atoms with Gasteiger partial charge in [-0.05, 0) is 103 Å². The molecule has 2 fully saturated rings. The Labute approximate surface area is 497 Å². The molecule has 2 N–H and O–H groups in total. The number of hydrogen-bond acceptors (Lipinski definition) is 9. The monoisotopic (exact) mass is 1200 g/mol. The molecule has 0 saturated carbocycles. The maximum Gasteiger partial charge on any atom is 0.159 e. The molecule has 2 saturated heterocycles. The SMILES string of the molecule is COc1cc(C(C)=O)ccc1CC(=O)[C@@H]1N[C@@H](CC(C)(C)C)[C@](C#N)(c2ccc(Cl)cc2F)[C@H]1c1cccc(Cl)c1F.COc1cc(C)ccc1CC(=O)[C@@H]1N[C@@H](CC(C)(C)C)[C@](C#N)(c2ccc(Cl)cc2F)[C@H]1c1cccc(Cl)c1F. The van der Waals surface area contributed by atoms with E-state index in [-0.39, 0.29) is 83.4 Å². The molecule has 0 aliphatic carbocycles. The second-order valence-corrected chi connectivity index (χ2v) is 25.2. The first kappa shape index (κ1) is 63.3. The zero-order chi connectivity index (χ0) is 60.4. The van der Waals surface area contributed by atoms with Crippen molar-refractivity contribution < 1.29 is 41.4 Å². The van der Waals surface area contributed by atoms with E-state index in [9.17, 15) is 24.9 Å². The molecule has 6 aromatic carbocycles. The Morgan fingerprint density at radius 1 is 0.585 bits per heavy atom. The Hall–Kier alpha value is -6.29. The lowest BCUT2D eigenvalue weighted by Crippen LogP contribution is -2.44. The number of hydrogen-bond donors (Lipinski definition) is 2. The van der Waals surface area contributed by atoms with Crippen molar-refractivity contribution >= 4 is 63.8 Å². The van der Waals surface area contributed by atoms with Gasteiger partial charge < -0.3 is 20.1 Å². The van der Waals surface area contributed by atoms with Crippen LogP contribution in [0.15, 0.2) is 109 Å². The summed E-state index contributed by atoms with van der Waals surface area (Å²) in [4.78, 5) is 40.2. The Kier molecular flexibility index (Phi) is 19.5. The number of ketones is 3. The van der Waals surface area contributed by atoms with Gasteiger partial charge in [0.25, 0.3) is 0 Å². The van der Waals surface area contributed by atoms with Crippen LogP contribution in [0.3, 0.4) is 0 Å². The van der Waals surface area contributed by atoms with Crippen molar-refractivity contribution in [2.45, 2.75) is 128 Å². The van der Waals surface area contributed by atoms with E-state index in [2.05, 4.69) is 22.8 Å². The lowest BCUT2D eigenvalue weighted by molar-refractivity contribution is -0.121.